The molecule has 0 unspecified atom stereocenters. The molecule has 0 aromatic carbocycles. The van der Waals surface area contributed by atoms with Crippen LogP contribution in [0.3, 0.4) is 0 Å². The smallest absolute Gasteiger partial charge is 0.187 e. The first-order valence-corrected chi connectivity index (χ1v) is 23.1. The van der Waals surface area contributed by atoms with Crippen LogP contribution in [-0.2, 0) is 63.0 Å². The third kappa shape index (κ3) is 11.0. The third-order valence-electron chi connectivity index (χ3n) is 12.8. The van der Waals surface area contributed by atoms with E-state index in [1.165, 1.54) is 46.0 Å². The molecule has 22 heterocycles. The summed E-state index contributed by atoms with van der Waals surface area (Å²) in [6, 6.07) is 0. The number of halogens is 2. The van der Waals surface area contributed by atoms with Crippen molar-refractivity contribution in [1.29, 1.82) is 0 Å². The van der Waals surface area contributed by atoms with Crippen molar-refractivity contribution < 1.29 is 145 Å². The Morgan fingerprint density at radius 1 is 0.250 bits per heavy atom. The highest BCUT2D eigenvalue weighted by atomic mass is 127. The minimum atomic E-state index is -2.13. The summed E-state index contributed by atoms with van der Waals surface area (Å²) in [6.07, 6.45) is -54.8. The van der Waals surface area contributed by atoms with Gasteiger partial charge in [-0.15, -0.1) is 0 Å². The van der Waals surface area contributed by atoms with Crippen LogP contribution in [0.25, 0.3) is 0 Å². The van der Waals surface area contributed by atoms with E-state index in [1.54, 1.807) is 0 Å². The van der Waals surface area contributed by atoms with E-state index in [2.05, 4.69) is 0 Å². The Hall–Kier alpha value is 0.260. The van der Waals surface area contributed by atoms with Gasteiger partial charge in [0.15, 0.2) is 37.7 Å². The molecule has 16 N–H and O–H groups in total. The summed E-state index contributed by atoms with van der Waals surface area (Å²) in [5.41, 5.74) is 0. The maximum Gasteiger partial charge on any atom is 0.187 e. The maximum absolute atomic E-state index is 11.6. The highest BCUT2D eigenvalue weighted by molar-refractivity contribution is 14.1. The Morgan fingerprint density at radius 3 is 0.618 bits per heavy atom. The molecule has 22 aliphatic heterocycles. The topological polar surface area (TPSA) is 453 Å². The molecule has 30 nitrogen and oxygen atoms in total. The Labute approximate surface area is 412 Å². The fraction of sp³-hybridized carbons (Fsp3) is 1.00. The van der Waals surface area contributed by atoms with Crippen molar-refractivity contribution in [3.63, 3.8) is 0 Å². The summed E-state index contributed by atoms with van der Waals surface area (Å²) in [7, 11) is 0. The fourth-order valence-corrected chi connectivity index (χ4v) is 10.3. The van der Waals surface area contributed by atoms with Crippen LogP contribution in [0.5, 0.6) is 0 Å². The van der Waals surface area contributed by atoms with Gasteiger partial charge in [0, 0.05) is 0 Å². The number of hydrogen-bond acceptors (Lipinski definition) is 30. The van der Waals surface area contributed by atoms with Gasteiger partial charge in [0.25, 0.3) is 0 Å². The fourth-order valence-electron chi connectivity index (χ4n) is 9.10. The number of aliphatic hydroxyl groups excluding tert-OH is 16. The molecule has 0 spiro atoms. The lowest BCUT2D eigenvalue weighted by Crippen LogP contribution is -2.69. The highest BCUT2D eigenvalue weighted by Crippen LogP contribution is 2.39. The zero-order valence-corrected chi connectivity index (χ0v) is 39.5. The van der Waals surface area contributed by atoms with Crippen molar-refractivity contribution in [2.75, 3.05) is 39.6 Å². The van der Waals surface area contributed by atoms with Gasteiger partial charge in [0.05, 0.1) is 39.6 Å². The second-order valence-corrected chi connectivity index (χ2v) is 18.0. The Kier molecular flexibility index (Phi) is 20.0. The average Bonchev–Trinajstić information content (AvgIpc) is 3.33. The Bertz CT molecular complexity index is 1550. The predicted molar refractivity (Wildman–Crippen MR) is 222 cm³/mol. The summed E-state index contributed by atoms with van der Waals surface area (Å²) < 4.78 is 80.5. The molecule has 0 amide bonds. The van der Waals surface area contributed by atoms with E-state index >= 15 is 0 Å². The summed E-state index contributed by atoms with van der Waals surface area (Å²) in [6.45, 7) is -5.64. The summed E-state index contributed by atoms with van der Waals surface area (Å²) in [5.74, 6) is 0. The molecule has 32 heteroatoms. The van der Waals surface area contributed by atoms with E-state index in [0.29, 0.717) is 0 Å². The van der Waals surface area contributed by atoms with Gasteiger partial charge in [-0.2, -0.15) is 0 Å². The lowest BCUT2D eigenvalue weighted by Gasteiger charge is -2.51. The van der Waals surface area contributed by atoms with E-state index in [9.17, 15) is 81.7 Å². The Balaban J connectivity index is 1.21. The van der Waals surface area contributed by atoms with Crippen LogP contribution in [0.2, 0.25) is 0 Å². The van der Waals surface area contributed by atoms with Crippen molar-refractivity contribution in [2.24, 2.45) is 0 Å². The van der Waals surface area contributed by atoms with Crippen LogP contribution in [0, 0.1) is 0 Å². The molecule has 0 aromatic rings. The molecule has 22 fully saturated rings. The van der Waals surface area contributed by atoms with E-state index < -0.39 is 224 Å². The van der Waals surface area contributed by atoms with E-state index in [0.717, 1.165) is 0 Å². The number of hydrogen-bond donors (Lipinski definition) is 16. The first-order chi connectivity index (χ1) is 32.5. The van der Waals surface area contributed by atoms with Gasteiger partial charge in [-0.3, -0.25) is 0 Å². The third-order valence-corrected chi connectivity index (χ3v) is 14.0. The number of aliphatic hydroxyl groups is 16. The SMILES string of the molecule is OC[C@H]1O[C@@H]2O[C@@H]3[C@H](OI)[C@@H](O)[C@@H](O[C@H]4[C@H](O)[C@@H](O)[C@@H](O[C@H]5[C@H](O)[C@@H](O)[C@@H](O[C@H]6[C@H](O)[C@@H](O)[C@@H](O[C@H]7[C@H](O)[C@@H](O)[C@@H](O[C@@H]1[C@H](OI)[C@H]2O)O[C@@H]7CO)O[C@@H]6CO)O[C@@H]5CO)O[C@@H]4CO)O[C@@H]3CO. The quantitative estimate of drug-likeness (QED) is 0.100. The lowest BCUT2D eigenvalue weighted by molar-refractivity contribution is -0.402. The minimum Gasteiger partial charge on any atom is -0.394 e. The van der Waals surface area contributed by atoms with Crippen LogP contribution in [0.4, 0.5) is 0 Å². The molecule has 22 saturated heterocycles. The highest BCUT2D eigenvalue weighted by Gasteiger charge is 2.59. The monoisotopic (exact) mass is 1220 g/mol. The van der Waals surface area contributed by atoms with Crippen molar-refractivity contribution in [2.45, 2.75) is 184 Å². The first kappa shape index (κ1) is 56.0. The molecule has 396 valence electrons. The van der Waals surface area contributed by atoms with Gasteiger partial charge in [0.1, 0.15) is 193 Å². The number of ether oxygens (including phenoxy) is 12. The van der Waals surface area contributed by atoms with Gasteiger partial charge >= 0.3 is 0 Å². The molecule has 22 aliphatic rings. The van der Waals surface area contributed by atoms with Crippen LogP contribution in [0.1, 0.15) is 0 Å². The van der Waals surface area contributed by atoms with E-state index in [-0.39, 0.29) is 0 Å². The maximum atomic E-state index is 11.6. The van der Waals surface area contributed by atoms with Crippen LogP contribution < -0.4 is 0 Å². The first-order valence-electron chi connectivity index (χ1n) is 21.4. The van der Waals surface area contributed by atoms with Crippen molar-refractivity contribution in [3.05, 3.63) is 0 Å². The summed E-state index contributed by atoms with van der Waals surface area (Å²) >= 11 is 2.79. The molecule has 30 atom stereocenters. The summed E-state index contributed by atoms with van der Waals surface area (Å²) in [4.78, 5) is 0. The van der Waals surface area contributed by atoms with Gasteiger partial charge < -0.3 is 145 Å². The Morgan fingerprint density at radius 2 is 0.426 bits per heavy atom. The average molecular weight is 1220 g/mol. The van der Waals surface area contributed by atoms with Gasteiger partial charge in [-0.1, -0.05) is 0 Å². The van der Waals surface area contributed by atoms with Gasteiger partial charge in [-0.05, 0) is 0 Å². The second-order valence-electron chi connectivity index (χ2n) is 17.0. The normalized spacial score (nSPS) is 54.1. The zero-order valence-electron chi connectivity index (χ0n) is 35.2. The van der Waals surface area contributed by atoms with Crippen LogP contribution in [-0.4, -0.2) is 306 Å². The minimum absolute atomic E-state index is 0.885. The molecule has 0 aromatic heterocycles. The molecular formula is C36H58I2O30. The molecule has 68 heavy (non-hydrogen) atoms. The van der Waals surface area contributed by atoms with Crippen LogP contribution >= 0.6 is 46.0 Å². The van der Waals surface area contributed by atoms with E-state index in [1.807, 2.05) is 0 Å². The predicted octanol–water partition coefficient (Wildman–Crippen LogP) is -10.3. The van der Waals surface area contributed by atoms with Gasteiger partial charge in [0.2, 0.25) is 0 Å². The van der Waals surface area contributed by atoms with Gasteiger partial charge in [-0.25, -0.2) is 0 Å². The lowest BCUT2D eigenvalue weighted by atomic mass is 9.94. The van der Waals surface area contributed by atoms with Crippen molar-refractivity contribution in [3.8, 4) is 0 Å². The second kappa shape index (κ2) is 24.3. The van der Waals surface area contributed by atoms with Crippen molar-refractivity contribution in [1.82, 2.24) is 0 Å². The van der Waals surface area contributed by atoms with Crippen LogP contribution in [0.15, 0.2) is 0 Å². The van der Waals surface area contributed by atoms with Crippen molar-refractivity contribution >= 4 is 46.0 Å². The van der Waals surface area contributed by atoms with E-state index in [4.69, 9.17) is 63.0 Å². The largest absolute Gasteiger partial charge is 0.394 e. The standard InChI is InChI=1S/C36H58I2O30/c37-67-29-21(53)35-59-12(6-44)28(29)66-36-22(54)30(68-38)27(11(5-43)60-36)65-34-20(52)16(48)25(9(3-41)58-34)63-32-18(50)14(46)23(7(1-39)56-32)61-31-17(49)13(45)24(8(2-40)55-31)62-33-19(51)15(47)26(64-35)10(4-42)57-33/h7-36,39-54H,1-6H2/t7-,8-,9-,10-,11-,12-,13-,14-,15-,16-,17-,18-,19-,20-,21-,22-,23-,24-,25-,26-,27+,28+,29-,30-,31-,32-,33-,34-,35-,36-/m1/s1. The molecular weight excluding hydrogens is 1170 g/mol. The summed E-state index contributed by atoms with van der Waals surface area (Å²) in [5, 5.41) is 175. The molecule has 0 saturated carbocycles. The zero-order chi connectivity index (χ0) is 49.5. The molecule has 12 bridgehead atoms. The molecule has 22 rings (SSSR count). The number of rotatable bonds is 8. The molecule has 0 radical (unpaired) electrons. The molecule has 0 aliphatic carbocycles.